The van der Waals surface area contributed by atoms with Crippen molar-refractivity contribution in [3.8, 4) is 40.5 Å². The van der Waals surface area contributed by atoms with Crippen molar-refractivity contribution < 1.29 is 33.7 Å². The number of carbonyl (C=O) groups is 3. The summed E-state index contributed by atoms with van der Waals surface area (Å²) >= 11 is 12.2. The number of carbonyl (C=O) groups excluding carboxylic acids is 2. The van der Waals surface area contributed by atoms with Gasteiger partial charge in [-0.25, -0.2) is 4.79 Å². The third-order valence-corrected chi connectivity index (χ3v) is 11.6. The van der Waals surface area contributed by atoms with Gasteiger partial charge in [0.15, 0.2) is 17.6 Å². The van der Waals surface area contributed by atoms with Crippen molar-refractivity contribution in [2.24, 2.45) is 0 Å². The van der Waals surface area contributed by atoms with Gasteiger partial charge in [0.2, 0.25) is 5.91 Å². The molecule has 2 N–H and O–H groups in total. The lowest BCUT2D eigenvalue weighted by atomic mass is 9.91. The number of fused-ring (bicyclic) bond motifs is 2. The summed E-state index contributed by atoms with van der Waals surface area (Å²) in [5.41, 5.74) is 6.43. The summed E-state index contributed by atoms with van der Waals surface area (Å²) in [5.74, 6) is -0.853. The number of nitrogens with zero attached hydrogens (tertiary/aromatic N) is 3. The van der Waals surface area contributed by atoms with E-state index in [4.69, 9.17) is 42.7 Å². The number of hydrogen-bond acceptors (Lipinski definition) is 8. The first kappa shape index (κ1) is 41.4. The smallest absolute Gasteiger partial charge is 0.326 e. The SMILES string of the molecule is N#Cc1ccc(-c2ccc(CC(NC(=O)C3Cc4cc5c(cc4CN3C(=O)c3ccccc3C#N)OC(c3ccc(OCc4ccc(Cl)c(Cl)c4)cc3)CO5)C(=O)O)cc2)cc1. The second-order valence-electron chi connectivity index (χ2n) is 14.9. The van der Waals surface area contributed by atoms with Crippen LogP contribution in [0.2, 0.25) is 10.0 Å². The quantitative estimate of drug-likeness (QED) is 0.130. The van der Waals surface area contributed by atoms with Crippen LogP contribution in [0.5, 0.6) is 17.2 Å². The van der Waals surface area contributed by atoms with Gasteiger partial charge in [0.25, 0.3) is 5.91 Å². The highest BCUT2D eigenvalue weighted by Crippen LogP contribution is 2.41. The molecule has 11 nitrogen and oxygen atoms in total. The van der Waals surface area contributed by atoms with Crippen molar-refractivity contribution in [2.45, 2.75) is 44.2 Å². The molecule has 2 heterocycles. The van der Waals surface area contributed by atoms with Crippen molar-refractivity contribution in [2.75, 3.05) is 6.61 Å². The van der Waals surface area contributed by atoms with Gasteiger partial charge in [-0.1, -0.05) is 89.9 Å². The highest BCUT2D eigenvalue weighted by Gasteiger charge is 2.39. The minimum atomic E-state index is -1.31. The Balaban J connectivity index is 0.998. The molecule has 8 rings (SSSR count). The lowest BCUT2D eigenvalue weighted by molar-refractivity contribution is -0.142. The molecule has 6 aromatic carbocycles. The molecule has 0 saturated heterocycles. The zero-order chi connectivity index (χ0) is 43.3. The average molecular weight is 864 g/mol. The number of rotatable bonds is 11. The number of carboxylic acids is 1. The molecule has 3 atom stereocenters. The van der Waals surface area contributed by atoms with Crippen molar-refractivity contribution in [1.82, 2.24) is 10.2 Å². The minimum Gasteiger partial charge on any atom is -0.489 e. The molecule has 2 aliphatic heterocycles. The number of benzene rings is 6. The monoisotopic (exact) mass is 862 g/mol. The van der Waals surface area contributed by atoms with Crippen LogP contribution >= 0.6 is 23.2 Å². The van der Waals surface area contributed by atoms with Gasteiger partial charge < -0.3 is 29.5 Å². The van der Waals surface area contributed by atoms with Crippen LogP contribution in [0, 0.1) is 22.7 Å². The van der Waals surface area contributed by atoms with Crippen LogP contribution in [-0.4, -0.2) is 46.5 Å². The third-order valence-electron chi connectivity index (χ3n) is 10.9. The fourth-order valence-electron chi connectivity index (χ4n) is 7.53. The van der Waals surface area contributed by atoms with E-state index in [2.05, 4.69) is 17.5 Å². The van der Waals surface area contributed by atoms with Crippen molar-refractivity contribution in [3.05, 3.63) is 182 Å². The summed E-state index contributed by atoms with van der Waals surface area (Å²) in [6, 6.07) is 38.9. The summed E-state index contributed by atoms with van der Waals surface area (Å²) in [5, 5.41) is 32.9. The van der Waals surface area contributed by atoms with Crippen LogP contribution in [0.3, 0.4) is 0 Å². The van der Waals surface area contributed by atoms with E-state index in [9.17, 15) is 24.8 Å². The van der Waals surface area contributed by atoms with Gasteiger partial charge in [-0.05, 0) is 99.6 Å². The Morgan fingerprint density at radius 3 is 2.19 bits per heavy atom. The summed E-state index contributed by atoms with van der Waals surface area (Å²) < 4.78 is 18.6. The van der Waals surface area contributed by atoms with E-state index >= 15 is 0 Å². The Morgan fingerprint density at radius 2 is 1.50 bits per heavy atom. The number of hydrogen-bond donors (Lipinski definition) is 2. The molecule has 3 unspecified atom stereocenters. The first-order valence-corrected chi connectivity index (χ1v) is 20.4. The normalized spacial score (nSPS) is 15.6. The lowest BCUT2D eigenvalue weighted by Crippen LogP contribution is -2.56. The lowest BCUT2D eigenvalue weighted by Gasteiger charge is -2.38. The number of ether oxygens (including phenoxy) is 3. The Hall–Kier alpha value is -7.31. The van der Waals surface area contributed by atoms with E-state index in [0.717, 1.165) is 27.8 Å². The van der Waals surface area contributed by atoms with Gasteiger partial charge in [-0.15, -0.1) is 0 Å². The molecule has 2 amide bonds. The van der Waals surface area contributed by atoms with E-state index in [1.54, 1.807) is 60.7 Å². The molecule has 2 aliphatic rings. The molecule has 13 heteroatoms. The topological polar surface area (TPSA) is 162 Å². The molecular weight excluding hydrogens is 827 g/mol. The van der Waals surface area contributed by atoms with Gasteiger partial charge in [0.1, 0.15) is 31.0 Å². The Morgan fingerprint density at radius 1 is 0.806 bits per heavy atom. The average Bonchev–Trinajstić information content (AvgIpc) is 3.30. The van der Waals surface area contributed by atoms with E-state index in [1.165, 1.54) is 17.0 Å². The molecule has 0 aliphatic carbocycles. The summed E-state index contributed by atoms with van der Waals surface area (Å²) in [6.07, 6.45) is -0.415. The third kappa shape index (κ3) is 9.05. The minimum absolute atomic E-state index is 0.0163. The second-order valence-corrected chi connectivity index (χ2v) is 15.7. The number of nitrogens with one attached hydrogen (secondary N) is 1. The molecule has 0 spiro atoms. The predicted molar refractivity (Wildman–Crippen MR) is 231 cm³/mol. The standard InChI is InChI=1S/C49H36Cl2N4O7/c50-40-18-9-31(19-41(40)51)27-60-38-16-14-34(15-17-38)46-28-61-44-22-36-21-43(55(26-37(36)23-45(44)62-46)48(57)39-4-2-1-3-35(39)25-53)47(56)54-42(49(58)59)20-29-5-10-32(11-6-29)33-12-7-30(24-52)8-13-33/h1-19,22-23,42-43,46H,20-21,26-28H2,(H,54,56)(H,58,59). The Kier molecular flexibility index (Phi) is 12.1. The number of halogens is 2. The first-order chi connectivity index (χ1) is 30.1. The van der Waals surface area contributed by atoms with Crippen LogP contribution in [0.4, 0.5) is 0 Å². The van der Waals surface area contributed by atoms with Gasteiger partial charge >= 0.3 is 5.97 Å². The van der Waals surface area contributed by atoms with Gasteiger partial charge in [-0.3, -0.25) is 9.59 Å². The van der Waals surface area contributed by atoms with Gasteiger partial charge in [0.05, 0.1) is 38.9 Å². The van der Waals surface area contributed by atoms with E-state index in [0.29, 0.717) is 50.6 Å². The van der Waals surface area contributed by atoms with Crippen LogP contribution in [0.15, 0.2) is 127 Å². The zero-order valence-corrected chi connectivity index (χ0v) is 34.4. The first-order valence-electron chi connectivity index (χ1n) is 19.6. The zero-order valence-electron chi connectivity index (χ0n) is 32.9. The van der Waals surface area contributed by atoms with Crippen LogP contribution in [0.1, 0.15) is 55.4 Å². The molecule has 308 valence electrons. The maximum absolute atomic E-state index is 14.3. The largest absolute Gasteiger partial charge is 0.489 e. The Bertz CT molecular complexity index is 2770. The molecular formula is C49H36Cl2N4O7. The molecule has 0 aromatic heterocycles. The number of aliphatic carboxylic acids is 1. The van der Waals surface area contributed by atoms with E-state index < -0.39 is 36.0 Å². The fraction of sp³-hybridized carbons (Fsp3) is 0.163. The number of carboxylic acid groups (broad SMARTS) is 1. The highest BCUT2D eigenvalue weighted by atomic mass is 35.5. The second kappa shape index (κ2) is 18.1. The molecule has 0 saturated carbocycles. The van der Waals surface area contributed by atoms with Gasteiger partial charge in [-0.2, -0.15) is 10.5 Å². The maximum Gasteiger partial charge on any atom is 0.326 e. The number of nitriles is 2. The molecule has 0 radical (unpaired) electrons. The molecule has 6 aromatic rings. The highest BCUT2D eigenvalue weighted by molar-refractivity contribution is 6.42. The van der Waals surface area contributed by atoms with Crippen LogP contribution < -0.4 is 19.5 Å². The fourth-order valence-corrected chi connectivity index (χ4v) is 7.85. The maximum atomic E-state index is 14.3. The van der Waals surface area contributed by atoms with E-state index in [-0.39, 0.29) is 37.1 Å². The summed E-state index contributed by atoms with van der Waals surface area (Å²) in [4.78, 5) is 42.5. The van der Waals surface area contributed by atoms with Gasteiger partial charge in [0, 0.05) is 19.4 Å². The Labute approximate surface area is 367 Å². The van der Waals surface area contributed by atoms with Crippen molar-refractivity contribution in [3.63, 3.8) is 0 Å². The van der Waals surface area contributed by atoms with Crippen LogP contribution in [-0.2, 0) is 35.6 Å². The van der Waals surface area contributed by atoms with Crippen LogP contribution in [0.25, 0.3) is 11.1 Å². The summed E-state index contributed by atoms with van der Waals surface area (Å²) in [7, 11) is 0. The predicted octanol–water partition coefficient (Wildman–Crippen LogP) is 8.87. The molecule has 62 heavy (non-hydrogen) atoms. The van der Waals surface area contributed by atoms with E-state index in [1.807, 2.05) is 54.6 Å². The molecule has 0 fully saturated rings. The summed E-state index contributed by atoms with van der Waals surface area (Å²) in [6.45, 7) is 0.496. The molecule has 0 bridgehead atoms. The van der Waals surface area contributed by atoms with Crippen molar-refractivity contribution in [1.29, 1.82) is 10.5 Å². The van der Waals surface area contributed by atoms with Crippen molar-refractivity contribution >= 4 is 41.0 Å². The number of amides is 2.